The standard InChI is InChI=1S/C13H15NO5.C2HF3O2/c1-13(2)18-7-9-5-8(3-4-11(9)19-13)10(15)6-14-12(16)17;3-2(4,5)1(6)7/h3-5,14H,6-7H2,1-2H3,(H,16,17);(H,6,7). The van der Waals surface area contributed by atoms with E-state index in [4.69, 9.17) is 24.5 Å². The minimum absolute atomic E-state index is 0.249. The van der Waals surface area contributed by atoms with Gasteiger partial charge in [0.1, 0.15) is 5.75 Å². The van der Waals surface area contributed by atoms with Gasteiger partial charge in [0, 0.05) is 25.0 Å². The number of benzene rings is 1. The number of carboxylic acids is 1. The van der Waals surface area contributed by atoms with E-state index >= 15 is 0 Å². The van der Waals surface area contributed by atoms with Gasteiger partial charge in [-0.25, -0.2) is 9.59 Å². The maximum atomic E-state index is 11.8. The summed E-state index contributed by atoms with van der Waals surface area (Å²) in [7, 11) is 0. The Hall–Kier alpha value is -2.82. The summed E-state index contributed by atoms with van der Waals surface area (Å²) in [4.78, 5) is 31.0. The number of hydrogen-bond donors (Lipinski definition) is 3. The number of amides is 1. The van der Waals surface area contributed by atoms with E-state index in [9.17, 15) is 22.8 Å². The van der Waals surface area contributed by atoms with Crippen molar-refractivity contribution in [1.29, 1.82) is 0 Å². The first-order chi connectivity index (χ1) is 11.8. The number of hydrogen-bond acceptors (Lipinski definition) is 5. The first kappa shape index (κ1) is 21.2. The van der Waals surface area contributed by atoms with Gasteiger partial charge in [0.05, 0.1) is 13.2 Å². The SMILES string of the molecule is CC1(C)OCc2cc(C(=O)CNC(=O)O)ccc2O1.O=C(O)C(F)(F)F. The normalized spacial score (nSPS) is 14.8. The Morgan fingerprint density at radius 2 is 1.81 bits per heavy atom. The molecule has 26 heavy (non-hydrogen) atoms. The van der Waals surface area contributed by atoms with Gasteiger partial charge in [-0.1, -0.05) is 0 Å². The van der Waals surface area contributed by atoms with Crippen LogP contribution in [0.1, 0.15) is 29.8 Å². The van der Waals surface area contributed by atoms with E-state index in [1.54, 1.807) is 18.2 Å². The highest BCUT2D eigenvalue weighted by atomic mass is 19.4. The number of carbonyl (C=O) groups excluding carboxylic acids is 1. The first-order valence-corrected chi connectivity index (χ1v) is 7.08. The van der Waals surface area contributed by atoms with Crippen molar-refractivity contribution in [3.63, 3.8) is 0 Å². The zero-order valence-corrected chi connectivity index (χ0v) is 13.7. The molecule has 0 radical (unpaired) electrons. The van der Waals surface area contributed by atoms with Crippen molar-refractivity contribution in [2.75, 3.05) is 6.54 Å². The molecular formula is C15H16F3NO7. The van der Waals surface area contributed by atoms with Crippen LogP contribution in [0.5, 0.6) is 5.75 Å². The Kier molecular flexibility index (Phi) is 6.56. The van der Waals surface area contributed by atoms with Crippen LogP contribution in [-0.2, 0) is 16.1 Å². The monoisotopic (exact) mass is 379 g/mol. The largest absolute Gasteiger partial charge is 0.490 e. The average molecular weight is 379 g/mol. The third-order valence-corrected chi connectivity index (χ3v) is 2.96. The molecule has 11 heteroatoms. The number of ketones is 1. The van der Waals surface area contributed by atoms with E-state index in [0.717, 1.165) is 5.56 Å². The number of ether oxygens (including phenoxy) is 2. The van der Waals surface area contributed by atoms with Crippen LogP contribution in [0.4, 0.5) is 18.0 Å². The summed E-state index contributed by atoms with van der Waals surface area (Å²) < 4.78 is 42.8. The van der Waals surface area contributed by atoms with Crippen LogP contribution < -0.4 is 10.1 Å². The van der Waals surface area contributed by atoms with Gasteiger partial charge in [-0.2, -0.15) is 13.2 Å². The second kappa shape index (κ2) is 8.04. The molecule has 0 saturated carbocycles. The molecule has 1 aromatic carbocycles. The molecule has 0 saturated heterocycles. The maximum absolute atomic E-state index is 11.8. The van der Waals surface area contributed by atoms with Gasteiger partial charge >= 0.3 is 18.2 Å². The molecule has 1 aliphatic rings. The highest BCUT2D eigenvalue weighted by molar-refractivity contribution is 5.99. The molecule has 0 atom stereocenters. The number of nitrogens with one attached hydrogen (secondary N) is 1. The number of halogens is 3. The number of carbonyl (C=O) groups is 3. The number of rotatable bonds is 3. The fraction of sp³-hybridized carbons (Fsp3) is 0.400. The van der Waals surface area contributed by atoms with Crippen LogP contribution >= 0.6 is 0 Å². The molecule has 0 fully saturated rings. The molecule has 1 aliphatic heterocycles. The van der Waals surface area contributed by atoms with E-state index in [1.807, 2.05) is 19.2 Å². The summed E-state index contributed by atoms with van der Waals surface area (Å²) >= 11 is 0. The van der Waals surface area contributed by atoms with Crippen LogP contribution in [-0.4, -0.2) is 46.6 Å². The van der Waals surface area contributed by atoms with Gasteiger partial charge in [-0.05, 0) is 18.2 Å². The molecule has 1 heterocycles. The van der Waals surface area contributed by atoms with E-state index in [0.29, 0.717) is 17.9 Å². The summed E-state index contributed by atoms with van der Waals surface area (Å²) in [6.07, 6.45) is -6.31. The molecule has 8 nitrogen and oxygen atoms in total. The average Bonchev–Trinajstić information content (AvgIpc) is 2.51. The molecule has 0 aliphatic carbocycles. The highest BCUT2D eigenvalue weighted by Gasteiger charge is 2.38. The molecule has 3 N–H and O–H groups in total. The summed E-state index contributed by atoms with van der Waals surface area (Å²) in [5.74, 6) is -3.05. The lowest BCUT2D eigenvalue weighted by molar-refractivity contribution is -0.192. The Morgan fingerprint density at radius 3 is 2.31 bits per heavy atom. The summed E-state index contributed by atoms with van der Waals surface area (Å²) in [6.45, 7) is 3.73. The van der Waals surface area contributed by atoms with Crippen LogP contribution in [0.3, 0.4) is 0 Å². The Balaban J connectivity index is 0.000000412. The fourth-order valence-corrected chi connectivity index (χ4v) is 1.77. The van der Waals surface area contributed by atoms with Crippen molar-refractivity contribution in [2.45, 2.75) is 32.4 Å². The highest BCUT2D eigenvalue weighted by Crippen LogP contribution is 2.31. The lowest BCUT2D eigenvalue weighted by Crippen LogP contribution is -2.35. The van der Waals surface area contributed by atoms with E-state index in [2.05, 4.69) is 0 Å². The number of aliphatic carboxylic acids is 1. The molecular weight excluding hydrogens is 363 g/mol. The van der Waals surface area contributed by atoms with E-state index in [1.165, 1.54) is 0 Å². The first-order valence-electron chi connectivity index (χ1n) is 7.08. The molecule has 0 unspecified atom stereocenters. The van der Waals surface area contributed by atoms with Gasteiger partial charge in [-0.3, -0.25) is 4.79 Å². The Bertz CT molecular complexity index is 701. The predicted octanol–water partition coefficient (Wildman–Crippen LogP) is 2.42. The van der Waals surface area contributed by atoms with Crippen molar-refractivity contribution in [3.8, 4) is 5.75 Å². The van der Waals surface area contributed by atoms with Crippen molar-refractivity contribution in [2.24, 2.45) is 0 Å². The van der Waals surface area contributed by atoms with Gasteiger partial charge in [-0.15, -0.1) is 0 Å². The summed E-state index contributed by atoms with van der Waals surface area (Å²) in [5.41, 5.74) is 1.21. The predicted molar refractivity (Wildman–Crippen MR) is 80.0 cm³/mol. The van der Waals surface area contributed by atoms with Crippen molar-refractivity contribution in [1.82, 2.24) is 5.32 Å². The summed E-state index contributed by atoms with van der Waals surface area (Å²) in [5, 5.41) is 17.6. The van der Waals surface area contributed by atoms with Crippen molar-refractivity contribution >= 4 is 17.8 Å². The molecule has 0 bridgehead atoms. The van der Waals surface area contributed by atoms with Gasteiger partial charge < -0.3 is 25.0 Å². The molecule has 2 rings (SSSR count). The van der Waals surface area contributed by atoms with Gasteiger partial charge in [0.25, 0.3) is 0 Å². The van der Waals surface area contributed by atoms with E-state index < -0.39 is 24.0 Å². The second-order valence-corrected chi connectivity index (χ2v) is 5.50. The smallest absolute Gasteiger partial charge is 0.475 e. The maximum Gasteiger partial charge on any atom is 0.490 e. The van der Waals surface area contributed by atoms with Crippen LogP contribution in [0, 0.1) is 0 Å². The number of carboxylic acid groups (broad SMARTS) is 2. The fourth-order valence-electron chi connectivity index (χ4n) is 1.77. The van der Waals surface area contributed by atoms with Crippen molar-refractivity contribution < 1.29 is 47.2 Å². The van der Waals surface area contributed by atoms with Gasteiger partial charge in [0.2, 0.25) is 5.79 Å². The molecule has 144 valence electrons. The number of fused-ring (bicyclic) bond motifs is 1. The number of Topliss-reactive ketones (excluding diaryl/α,β-unsaturated/α-hetero) is 1. The summed E-state index contributed by atoms with van der Waals surface area (Å²) in [6, 6.07) is 4.98. The minimum Gasteiger partial charge on any atom is -0.475 e. The lowest BCUT2D eigenvalue weighted by Gasteiger charge is -2.32. The Morgan fingerprint density at radius 1 is 1.23 bits per heavy atom. The Labute approximate surface area is 145 Å². The van der Waals surface area contributed by atoms with Crippen LogP contribution in [0.15, 0.2) is 18.2 Å². The molecule has 0 spiro atoms. The molecule has 0 aromatic heterocycles. The molecule has 1 amide bonds. The van der Waals surface area contributed by atoms with Gasteiger partial charge in [0.15, 0.2) is 5.78 Å². The van der Waals surface area contributed by atoms with Crippen LogP contribution in [0.25, 0.3) is 0 Å². The zero-order chi connectivity index (χ0) is 20.1. The topological polar surface area (TPSA) is 122 Å². The second-order valence-electron chi connectivity index (χ2n) is 5.50. The zero-order valence-electron chi connectivity index (χ0n) is 13.7. The lowest BCUT2D eigenvalue weighted by atomic mass is 10.1. The van der Waals surface area contributed by atoms with Crippen molar-refractivity contribution in [3.05, 3.63) is 29.3 Å². The van der Waals surface area contributed by atoms with Crippen LogP contribution in [0.2, 0.25) is 0 Å². The third kappa shape index (κ3) is 6.59. The quantitative estimate of drug-likeness (QED) is 0.690. The third-order valence-electron chi connectivity index (χ3n) is 2.96. The number of alkyl halides is 3. The molecule has 1 aromatic rings. The minimum atomic E-state index is -5.08. The van der Waals surface area contributed by atoms with E-state index in [-0.39, 0.29) is 12.3 Å².